The summed E-state index contributed by atoms with van der Waals surface area (Å²) < 4.78 is 0.335. The highest BCUT2D eigenvalue weighted by atomic mass is 32.1. The average molecular weight is 196 g/mol. The first-order valence-corrected chi connectivity index (χ1v) is 4.87. The first kappa shape index (κ1) is 8.62. The smallest absolute Gasteiger partial charge is 0.224 e. The topological polar surface area (TPSA) is 67.6 Å². The molecule has 0 aromatic carbocycles. The van der Waals surface area contributed by atoms with E-state index in [1.807, 2.05) is 0 Å². The van der Waals surface area contributed by atoms with Gasteiger partial charge < -0.3 is 10.7 Å². The van der Waals surface area contributed by atoms with Crippen LogP contribution in [0.1, 0.15) is 25.1 Å². The van der Waals surface area contributed by atoms with E-state index in [2.05, 4.69) is 15.0 Å². The van der Waals surface area contributed by atoms with Crippen LogP contribution in [-0.4, -0.2) is 15.0 Å². The summed E-state index contributed by atoms with van der Waals surface area (Å²) in [5, 5.41) is 0. The summed E-state index contributed by atoms with van der Waals surface area (Å²) in [5.74, 6) is 2.13. The van der Waals surface area contributed by atoms with Gasteiger partial charge in [-0.05, 0) is 24.6 Å². The van der Waals surface area contributed by atoms with Crippen molar-refractivity contribution in [2.75, 3.05) is 5.73 Å². The van der Waals surface area contributed by atoms with E-state index in [1.54, 1.807) is 0 Å². The number of H-pyrrole nitrogens is 1. The van der Waals surface area contributed by atoms with Gasteiger partial charge in [0.05, 0.1) is 0 Å². The number of aromatic nitrogens is 3. The number of nitrogen functional groups attached to an aromatic ring is 1. The molecule has 0 unspecified atom stereocenters. The van der Waals surface area contributed by atoms with Gasteiger partial charge in [0.2, 0.25) is 10.7 Å². The quantitative estimate of drug-likeness (QED) is 0.718. The fourth-order valence-electron chi connectivity index (χ4n) is 1.31. The lowest BCUT2D eigenvalue weighted by Crippen LogP contribution is -2.03. The fourth-order valence-corrected chi connectivity index (χ4v) is 1.52. The minimum Gasteiger partial charge on any atom is -0.369 e. The summed E-state index contributed by atoms with van der Waals surface area (Å²) >= 11 is 4.86. The van der Waals surface area contributed by atoms with Crippen LogP contribution < -0.4 is 5.73 Å². The van der Waals surface area contributed by atoms with Gasteiger partial charge in [0, 0.05) is 6.42 Å². The van der Waals surface area contributed by atoms with Crippen LogP contribution in [0.25, 0.3) is 0 Å². The molecule has 0 spiro atoms. The number of nitrogens with zero attached hydrogens (tertiary/aromatic N) is 2. The maximum absolute atomic E-state index is 5.51. The number of anilines is 1. The Bertz CT molecular complexity index is 355. The Hall–Kier alpha value is -0.970. The molecule has 1 aromatic heterocycles. The second-order valence-corrected chi connectivity index (χ2v) is 3.81. The van der Waals surface area contributed by atoms with Gasteiger partial charge in [0.25, 0.3) is 0 Å². The van der Waals surface area contributed by atoms with Crippen LogP contribution in [0.3, 0.4) is 0 Å². The van der Waals surface area contributed by atoms with Gasteiger partial charge in [-0.15, -0.1) is 0 Å². The van der Waals surface area contributed by atoms with Crippen molar-refractivity contribution in [1.82, 2.24) is 15.0 Å². The molecule has 4 nitrogen and oxygen atoms in total. The van der Waals surface area contributed by atoms with E-state index in [0.717, 1.165) is 18.2 Å². The van der Waals surface area contributed by atoms with Crippen molar-refractivity contribution < 1.29 is 0 Å². The Morgan fingerprint density at radius 3 is 2.85 bits per heavy atom. The Balaban J connectivity index is 2.05. The van der Waals surface area contributed by atoms with Crippen LogP contribution in [0.2, 0.25) is 0 Å². The third-order valence-corrected chi connectivity index (χ3v) is 2.39. The molecule has 3 N–H and O–H groups in total. The van der Waals surface area contributed by atoms with E-state index >= 15 is 0 Å². The van der Waals surface area contributed by atoms with Gasteiger partial charge in [0.15, 0.2) is 0 Å². The van der Waals surface area contributed by atoms with Gasteiger partial charge in [-0.3, -0.25) is 0 Å². The van der Waals surface area contributed by atoms with Crippen molar-refractivity contribution in [1.29, 1.82) is 0 Å². The number of hydrogen-bond donors (Lipinski definition) is 2. The molecule has 1 aliphatic rings. The monoisotopic (exact) mass is 196 g/mol. The zero-order valence-electron chi connectivity index (χ0n) is 7.29. The number of rotatable bonds is 3. The minimum absolute atomic E-state index is 0.335. The van der Waals surface area contributed by atoms with Gasteiger partial charge in [-0.25, -0.2) is 4.98 Å². The van der Waals surface area contributed by atoms with Crippen molar-refractivity contribution in [3.8, 4) is 0 Å². The largest absolute Gasteiger partial charge is 0.369 e. The molecule has 13 heavy (non-hydrogen) atoms. The molecule has 2 rings (SSSR count). The van der Waals surface area contributed by atoms with Crippen LogP contribution in [0.4, 0.5) is 5.95 Å². The van der Waals surface area contributed by atoms with Crippen LogP contribution in [-0.2, 0) is 6.42 Å². The summed E-state index contributed by atoms with van der Waals surface area (Å²) in [6.45, 7) is 0. The molecule has 0 atom stereocenters. The molecule has 0 radical (unpaired) electrons. The number of aromatic amines is 1. The summed E-state index contributed by atoms with van der Waals surface area (Å²) in [6, 6.07) is 0. The van der Waals surface area contributed by atoms with Crippen molar-refractivity contribution in [3.05, 3.63) is 10.6 Å². The van der Waals surface area contributed by atoms with Crippen LogP contribution in [0, 0.1) is 10.7 Å². The van der Waals surface area contributed by atoms with Crippen LogP contribution >= 0.6 is 12.2 Å². The lowest BCUT2D eigenvalue weighted by molar-refractivity contribution is 0.692. The Kier molecular flexibility index (Phi) is 2.26. The number of nitrogens with two attached hydrogens (primary N) is 1. The highest BCUT2D eigenvalue weighted by Gasteiger charge is 2.20. The zero-order chi connectivity index (χ0) is 9.26. The molecule has 1 aliphatic carbocycles. The Morgan fingerprint density at radius 1 is 1.46 bits per heavy atom. The number of aryl methyl sites for hydroxylation is 1. The van der Waals surface area contributed by atoms with E-state index in [9.17, 15) is 0 Å². The second-order valence-electron chi connectivity index (χ2n) is 3.45. The SMILES string of the molecule is Nc1nc(=S)nc(CCC2CC2)[nH]1. The van der Waals surface area contributed by atoms with Gasteiger partial charge >= 0.3 is 0 Å². The van der Waals surface area contributed by atoms with Crippen molar-refractivity contribution in [3.63, 3.8) is 0 Å². The zero-order valence-corrected chi connectivity index (χ0v) is 8.10. The molecule has 1 fully saturated rings. The molecule has 5 heteroatoms. The first-order valence-electron chi connectivity index (χ1n) is 4.47. The molecule has 0 amide bonds. The predicted octanol–water partition coefficient (Wildman–Crippen LogP) is 1.46. The molecule has 0 aliphatic heterocycles. The van der Waals surface area contributed by atoms with E-state index in [4.69, 9.17) is 18.0 Å². The van der Waals surface area contributed by atoms with E-state index in [-0.39, 0.29) is 0 Å². The molecule has 1 aromatic rings. The van der Waals surface area contributed by atoms with Crippen LogP contribution in [0.5, 0.6) is 0 Å². The van der Waals surface area contributed by atoms with Gasteiger partial charge in [-0.2, -0.15) is 4.98 Å². The Morgan fingerprint density at radius 2 is 2.23 bits per heavy atom. The van der Waals surface area contributed by atoms with Crippen LogP contribution in [0.15, 0.2) is 0 Å². The van der Waals surface area contributed by atoms with E-state index in [0.29, 0.717) is 10.7 Å². The first-order chi connectivity index (χ1) is 6.24. The Labute approximate surface area is 81.6 Å². The second kappa shape index (κ2) is 3.41. The highest BCUT2D eigenvalue weighted by Crippen LogP contribution is 2.33. The molecule has 0 bridgehead atoms. The van der Waals surface area contributed by atoms with Gasteiger partial charge in [-0.1, -0.05) is 12.8 Å². The lowest BCUT2D eigenvalue weighted by atomic mass is 10.2. The summed E-state index contributed by atoms with van der Waals surface area (Å²) in [6.07, 6.45) is 4.84. The van der Waals surface area contributed by atoms with E-state index in [1.165, 1.54) is 19.3 Å². The average Bonchev–Trinajstić information content (AvgIpc) is 2.81. The maximum atomic E-state index is 5.51. The minimum atomic E-state index is 0.335. The number of hydrogen-bond acceptors (Lipinski definition) is 4. The van der Waals surface area contributed by atoms with Gasteiger partial charge in [0.1, 0.15) is 5.82 Å². The highest BCUT2D eigenvalue weighted by molar-refractivity contribution is 7.71. The third-order valence-electron chi connectivity index (χ3n) is 2.21. The summed E-state index contributed by atoms with van der Waals surface area (Å²) in [5.41, 5.74) is 5.51. The predicted molar refractivity (Wildman–Crippen MR) is 52.7 cm³/mol. The van der Waals surface area contributed by atoms with E-state index < -0.39 is 0 Å². The maximum Gasteiger partial charge on any atom is 0.224 e. The fraction of sp³-hybridized carbons (Fsp3) is 0.625. The molecule has 70 valence electrons. The number of nitrogens with one attached hydrogen (secondary N) is 1. The third kappa shape index (κ3) is 2.48. The lowest BCUT2D eigenvalue weighted by Gasteiger charge is -2.00. The van der Waals surface area contributed by atoms with Crippen molar-refractivity contribution in [2.45, 2.75) is 25.7 Å². The van der Waals surface area contributed by atoms with Crippen molar-refractivity contribution in [2.24, 2.45) is 5.92 Å². The molecule has 1 heterocycles. The summed E-state index contributed by atoms with van der Waals surface area (Å²) in [4.78, 5) is 10.8. The molecular weight excluding hydrogens is 184 g/mol. The van der Waals surface area contributed by atoms with Crippen molar-refractivity contribution >= 4 is 18.2 Å². The molecular formula is C8H12N4S. The molecule has 0 saturated heterocycles. The standard InChI is InChI=1S/C8H12N4S/c9-7-10-6(11-8(13)12-7)4-3-5-1-2-5/h5H,1-4H2,(H3,9,10,11,12,13). The normalized spacial score (nSPS) is 16.0. The summed E-state index contributed by atoms with van der Waals surface area (Å²) in [7, 11) is 0. The molecule has 1 saturated carbocycles.